The highest BCUT2D eigenvalue weighted by Gasteiger charge is 2.31. The number of fused-ring (bicyclic) bond motifs is 1. The van der Waals surface area contributed by atoms with Crippen molar-refractivity contribution in [1.82, 2.24) is 25.1 Å². The number of aromatic nitrogens is 4. The molecule has 0 bridgehead atoms. The molecular weight excluding hydrogens is 440 g/mol. The van der Waals surface area contributed by atoms with Crippen molar-refractivity contribution < 1.29 is 14.3 Å². The van der Waals surface area contributed by atoms with Crippen molar-refractivity contribution >= 4 is 33.6 Å². The van der Waals surface area contributed by atoms with E-state index in [0.717, 1.165) is 14.7 Å². The Labute approximate surface area is 174 Å². The summed E-state index contributed by atoms with van der Waals surface area (Å²) >= 11 is 3.39. The van der Waals surface area contributed by atoms with Gasteiger partial charge in [0, 0.05) is 36.5 Å². The molecule has 0 radical (unpaired) electrons. The van der Waals surface area contributed by atoms with Crippen LogP contribution < -0.4 is 15.0 Å². The highest BCUT2D eigenvalue weighted by atomic mass is 79.9. The molecule has 2 amide bonds. The summed E-state index contributed by atoms with van der Waals surface area (Å²) in [4.78, 5) is 35.2. The van der Waals surface area contributed by atoms with Gasteiger partial charge in [0.15, 0.2) is 0 Å². The number of benzene rings is 1. The quantitative estimate of drug-likeness (QED) is 0.646. The highest BCUT2D eigenvalue weighted by Crippen LogP contribution is 2.33. The van der Waals surface area contributed by atoms with Crippen molar-refractivity contribution in [3.05, 3.63) is 64.9 Å². The number of rotatable bonds is 3. The largest absolute Gasteiger partial charge is 0.489 e. The molecule has 0 unspecified atom stereocenters. The summed E-state index contributed by atoms with van der Waals surface area (Å²) in [5.74, 6) is 0.927. The lowest BCUT2D eigenvalue weighted by atomic mass is 10.2. The van der Waals surface area contributed by atoms with E-state index in [-0.39, 0.29) is 12.5 Å². The van der Waals surface area contributed by atoms with E-state index in [1.807, 2.05) is 6.07 Å². The smallest absolute Gasteiger partial charge is 0.342 e. The fraction of sp³-hybridized carbons (Fsp3) is 0.211. The molecule has 0 saturated heterocycles. The highest BCUT2D eigenvalue weighted by molar-refractivity contribution is 9.10. The van der Waals surface area contributed by atoms with Crippen LogP contribution in [0.1, 0.15) is 11.4 Å². The molecule has 4 rings (SSSR count). The van der Waals surface area contributed by atoms with Crippen molar-refractivity contribution in [2.24, 2.45) is 0 Å². The molecule has 1 aliphatic rings. The average molecular weight is 457 g/mol. The minimum atomic E-state index is -0.844. The summed E-state index contributed by atoms with van der Waals surface area (Å²) in [6.45, 7) is 0.0233. The zero-order chi connectivity index (χ0) is 20.4. The second-order valence-corrected chi connectivity index (χ2v) is 7.37. The molecule has 3 heterocycles. The van der Waals surface area contributed by atoms with E-state index < -0.39 is 12.1 Å². The van der Waals surface area contributed by atoms with Gasteiger partial charge in [0.25, 0.3) is 5.91 Å². The molecule has 1 aromatic carbocycles. The van der Waals surface area contributed by atoms with Crippen LogP contribution in [0.4, 0.5) is 10.5 Å². The number of hydrogen-bond donors (Lipinski definition) is 1. The molecule has 9 nitrogen and oxygen atoms in total. The Hall–Kier alpha value is -3.27. The van der Waals surface area contributed by atoms with Crippen molar-refractivity contribution in [1.29, 1.82) is 0 Å². The van der Waals surface area contributed by atoms with E-state index in [1.54, 1.807) is 50.0 Å². The lowest BCUT2D eigenvalue weighted by molar-refractivity contribution is -0.120. The van der Waals surface area contributed by atoms with E-state index in [2.05, 4.69) is 36.3 Å². The van der Waals surface area contributed by atoms with Crippen molar-refractivity contribution in [3.8, 4) is 5.75 Å². The number of halogens is 1. The van der Waals surface area contributed by atoms with Crippen LogP contribution in [0.5, 0.6) is 5.75 Å². The van der Waals surface area contributed by atoms with E-state index >= 15 is 0 Å². The van der Waals surface area contributed by atoms with Crippen LogP contribution in [0.2, 0.25) is 0 Å². The van der Waals surface area contributed by atoms with Gasteiger partial charge in [0.05, 0.1) is 11.9 Å². The number of hydrogen-bond acceptors (Lipinski definition) is 6. The summed E-state index contributed by atoms with van der Waals surface area (Å²) in [7, 11) is 1.65. The molecule has 1 N–H and O–H groups in total. The molecule has 10 heteroatoms. The van der Waals surface area contributed by atoms with Crippen LogP contribution in [-0.4, -0.2) is 51.4 Å². The lowest BCUT2D eigenvalue weighted by Crippen LogP contribution is -2.50. The van der Waals surface area contributed by atoms with Gasteiger partial charge in [0.2, 0.25) is 0 Å². The predicted molar refractivity (Wildman–Crippen MR) is 108 cm³/mol. The number of carbonyl (C=O) groups is 2. The van der Waals surface area contributed by atoms with Gasteiger partial charge in [-0.1, -0.05) is 15.9 Å². The first-order valence-corrected chi connectivity index (χ1v) is 9.61. The van der Waals surface area contributed by atoms with Crippen molar-refractivity contribution in [2.45, 2.75) is 12.5 Å². The Balaban J connectivity index is 1.45. The number of nitrogens with one attached hydrogen (secondary N) is 1. The summed E-state index contributed by atoms with van der Waals surface area (Å²) in [5, 5.41) is 6.76. The molecule has 0 aliphatic carbocycles. The van der Waals surface area contributed by atoms with Gasteiger partial charge < -0.3 is 15.0 Å². The third kappa shape index (κ3) is 4.11. The summed E-state index contributed by atoms with van der Waals surface area (Å²) < 4.78 is 7.71. The summed E-state index contributed by atoms with van der Waals surface area (Å²) in [5.41, 5.74) is 1.41. The summed E-state index contributed by atoms with van der Waals surface area (Å²) in [6, 6.07) is 5.77. The zero-order valence-corrected chi connectivity index (χ0v) is 17.0. The maximum atomic E-state index is 12.8. The van der Waals surface area contributed by atoms with Gasteiger partial charge in [-0.05, 0) is 29.8 Å². The minimum absolute atomic E-state index is 0.0233. The molecule has 2 aromatic heterocycles. The third-order valence-corrected chi connectivity index (χ3v) is 4.93. The van der Waals surface area contributed by atoms with Crippen molar-refractivity contribution in [3.63, 3.8) is 0 Å². The van der Waals surface area contributed by atoms with Crippen LogP contribution in [0.25, 0.3) is 0 Å². The Morgan fingerprint density at radius 2 is 2.14 bits per heavy atom. The topological polar surface area (TPSA) is 102 Å². The number of ether oxygens (including phenoxy) is 1. The molecular formula is C19H17BrN6O3. The number of anilines is 1. The number of carbonyl (C=O) groups excluding carboxylic acids is 2. The molecule has 0 saturated carbocycles. The van der Waals surface area contributed by atoms with E-state index in [0.29, 0.717) is 23.7 Å². The van der Waals surface area contributed by atoms with Gasteiger partial charge in [-0.3, -0.25) is 4.79 Å². The Bertz CT molecular complexity index is 1060. The molecule has 1 aliphatic heterocycles. The van der Waals surface area contributed by atoms with E-state index in [9.17, 15) is 9.59 Å². The maximum absolute atomic E-state index is 12.8. The molecule has 29 heavy (non-hydrogen) atoms. The minimum Gasteiger partial charge on any atom is -0.489 e. The van der Waals surface area contributed by atoms with Gasteiger partial charge in [0.1, 0.15) is 24.2 Å². The van der Waals surface area contributed by atoms with Gasteiger partial charge in [-0.25, -0.2) is 14.8 Å². The molecule has 3 aromatic rings. The van der Waals surface area contributed by atoms with Gasteiger partial charge in [-0.2, -0.15) is 9.78 Å². The van der Waals surface area contributed by atoms with Crippen LogP contribution in [0.3, 0.4) is 0 Å². The lowest BCUT2D eigenvalue weighted by Gasteiger charge is -2.20. The third-order valence-electron chi connectivity index (χ3n) is 4.44. The van der Waals surface area contributed by atoms with Gasteiger partial charge in [-0.15, -0.1) is 0 Å². The van der Waals surface area contributed by atoms with Crippen LogP contribution in [0, 0.1) is 0 Å². The number of nitrogens with zero attached hydrogens (tertiary/aromatic N) is 5. The van der Waals surface area contributed by atoms with Crippen LogP contribution in [0.15, 0.2) is 53.5 Å². The molecule has 0 fully saturated rings. The SMILES string of the molecule is CN1C(=O)[C@H](NC(=O)n2cc(Cc3ncccn3)cn2)COc2ccc(Br)cc21. The Morgan fingerprint density at radius 1 is 1.34 bits per heavy atom. The monoisotopic (exact) mass is 456 g/mol. The number of amides is 2. The van der Waals surface area contributed by atoms with Crippen LogP contribution in [-0.2, 0) is 11.2 Å². The van der Waals surface area contributed by atoms with Gasteiger partial charge >= 0.3 is 6.03 Å². The molecule has 1 atom stereocenters. The van der Waals surface area contributed by atoms with Crippen LogP contribution >= 0.6 is 15.9 Å². The van der Waals surface area contributed by atoms with E-state index in [1.165, 1.54) is 4.90 Å². The normalized spacial score (nSPS) is 16.0. The summed E-state index contributed by atoms with van der Waals surface area (Å²) in [6.07, 6.45) is 6.92. The Morgan fingerprint density at radius 3 is 2.93 bits per heavy atom. The first-order chi connectivity index (χ1) is 14.0. The average Bonchev–Trinajstić information content (AvgIpc) is 3.16. The fourth-order valence-corrected chi connectivity index (χ4v) is 3.31. The first kappa shape index (κ1) is 19.1. The zero-order valence-electron chi connectivity index (χ0n) is 15.4. The van der Waals surface area contributed by atoms with Crippen molar-refractivity contribution in [2.75, 3.05) is 18.6 Å². The second kappa shape index (κ2) is 8.00. The fourth-order valence-electron chi connectivity index (χ4n) is 2.96. The predicted octanol–water partition coefficient (Wildman–Crippen LogP) is 2.01. The number of likely N-dealkylation sites (N-methyl/N-ethyl adjacent to an activating group) is 1. The van der Waals surface area contributed by atoms with E-state index in [4.69, 9.17) is 4.74 Å². The second-order valence-electron chi connectivity index (χ2n) is 6.46. The molecule has 0 spiro atoms. The Kier molecular flexibility index (Phi) is 5.26. The maximum Gasteiger partial charge on any atom is 0.342 e. The first-order valence-electron chi connectivity index (χ1n) is 8.81. The standard InChI is InChI=1S/C19H17BrN6O3/c1-25-15-8-13(20)3-4-16(15)29-11-14(18(25)27)24-19(28)26-10-12(9-23-26)7-17-21-5-2-6-22-17/h2-6,8-10,14H,7,11H2,1H3,(H,24,28)/t14-/m1/s1. The molecule has 148 valence electrons.